The monoisotopic (exact) mass is 237 g/mol. The van der Waals surface area contributed by atoms with Gasteiger partial charge in [-0.2, -0.15) is 4.39 Å². The van der Waals surface area contributed by atoms with Crippen LogP contribution in [0.5, 0.6) is 0 Å². The summed E-state index contributed by atoms with van der Waals surface area (Å²) in [6.07, 6.45) is 0. The van der Waals surface area contributed by atoms with E-state index in [2.05, 4.69) is 4.98 Å². The molecule has 0 aromatic carbocycles. The molecule has 0 radical (unpaired) electrons. The van der Waals surface area contributed by atoms with Gasteiger partial charge in [0.25, 0.3) is 9.05 Å². The van der Waals surface area contributed by atoms with Crippen molar-refractivity contribution >= 4 is 25.5 Å². The lowest BCUT2D eigenvalue weighted by Gasteiger charge is -1.99. The summed E-state index contributed by atoms with van der Waals surface area (Å²) < 4.78 is 34.4. The number of hydrogen-bond acceptors (Lipinski definition) is 4. The van der Waals surface area contributed by atoms with E-state index in [4.69, 9.17) is 10.7 Å². The van der Waals surface area contributed by atoms with E-state index in [0.29, 0.717) is 6.07 Å². The topological polar surface area (TPSA) is 64.1 Å². The Balaban J connectivity index is 3.43. The Morgan fingerprint density at radius 3 is 2.50 bits per heavy atom. The second-order valence-electron chi connectivity index (χ2n) is 2.50. The van der Waals surface area contributed by atoms with Crippen LogP contribution < -0.4 is 0 Å². The first-order valence-electron chi connectivity index (χ1n) is 3.44. The van der Waals surface area contributed by atoms with Gasteiger partial charge in [0.1, 0.15) is 5.69 Å². The molecule has 0 amide bonds. The maximum atomic E-state index is 12.7. The van der Waals surface area contributed by atoms with Gasteiger partial charge in [0, 0.05) is 23.7 Å². The maximum Gasteiger partial charge on any atom is 0.261 e. The molecule has 14 heavy (non-hydrogen) atoms. The molecular weight excluding hydrogens is 233 g/mol. The normalized spacial score (nSPS) is 11.4. The first kappa shape index (κ1) is 11.1. The van der Waals surface area contributed by atoms with Crippen molar-refractivity contribution in [3.05, 3.63) is 23.8 Å². The molecule has 0 bridgehead atoms. The van der Waals surface area contributed by atoms with Gasteiger partial charge in [-0.3, -0.25) is 4.79 Å². The minimum absolute atomic E-state index is 0.274. The fourth-order valence-corrected chi connectivity index (χ4v) is 1.55. The summed E-state index contributed by atoms with van der Waals surface area (Å²) in [6.45, 7) is 1.15. The summed E-state index contributed by atoms with van der Waals surface area (Å²) >= 11 is 0. The van der Waals surface area contributed by atoms with Crippen LogP contribution in [0.2, 0.25) is 0 Å². The van der Waals surface area contributed by atoms with Gasteiger partial charge in [0.2, 0.25) is 5.95 Å². The number of halogens is 2. The second kappa shape index (κ2) is 3.62. The van der Waals surface area contributed by atoms with Crippen LogP contribution in [-0.2, 0) is 9.05 Å². The number of pyridine rings is 1. The molecule has 0 aliphatic carbocycles. The van der Waals surface area contributed by atoms with E-state index in [1.54, 1.807) is 0 Å². The van der Waals surface area contributed by atoms with Crippen molar-refractivity contribution in [2.45, 2.75) is 11.8 Å². The number of Topliss-reactive ketones (excluding diaryl/α,β-unsaturated/α-hetero) is 1. The van der Waals surface area contributed by atoms with Gasteiger partial charge in [0.15, 0.2) is 5.78 Å². The molecule has 0 fully saturated rings. The molecule has 1 heterocycles. The van der Waals surface area contributed by atoms with Crippen molar-refractivity contribution in [3.8, 4) is 0 Å². The largest absolute Gasteiger partial charge is 0.293 e. The first-order valence-corrected chi connectivity index (χ1v) is 5.75. The van der Waals surface area contributed by atoms with E-state index in [1.165, 1.54) is 0 Å². The lowest BCUT2D eigenvalue weighted by molar-refractivity contribution is 0.101. The highest BCUT2D eigenvalue weighted by atomic mass is 35.7. The Kier molecular flexibility index (Phi) is 2.86. The first-order chi connectivity index (χ1) is 6.30. The number of nitrogens with zero attached hydrogens (tertiary/aromatic N) is 1. The lowest BCUT2D eigenvalue weighted by Crippen LogP contribution is -2.02. The van der Waals surface area contributed by atoms with E-state index in [9.17, 15) is 17.6 Å². The molecule has 0 saturated heterocycles. The van der Waals surface area contributed by atoms with Gasteiger partial charge < -0.3 is 0 Å². The average molecular weight is 238 g/mol. The van der Waals surface area contributed by atoms with Gasteiger partial charge in [-0.1, -0.05) is 0 Å². The molecule has 0 aliphatic heterocycles. The van der Waals surface area contributed by atoms with Gasteiger partial charge >= 0.3 is 0 Å². The number of hydrogen-bond donors (Lipinski definition) is 0. The van der Waals surface area contributed by atoms with Crippen LogP contribution >= 0.6 is 10.7 Å². The zero-order valence-electron chi connectivity index (χ0n) is 6.99. The molecule has 4 nitrogen and oxygen atoms in total. The van der Waals surface area contributed by atoms with Crippen LogP contribution in [0.1, 0.15) is 17.4 Å². The summed E-state index contributed by atoms with van der Waals surface area (Å²) in [5, 5.41) is 0. The molecule has 0 unspecified atom stereocenters. The third-order valence-corrected chi connectivity index (χ3v) is 2.74. The van der Waals surface area contributed by atoms with Gasteiger partial charge in [-0.25, -0.2) is 13.4 Å². The molecule has 1 aromatic rings. The molecule has 1 aromatic heterocycles. The minimum Gasteiger partial charge on any atom is -0.293 e. The quantitative estimate of drug-likeness (QED) is 0.443. The number of ketones is 1. The highest BCUT2D eigenvalue weighted by molar-refractivity contribution is 8.13. The summed E-state index contributed by atoms with van der Waals surface area (Å²) in [5.41, 5.74) is -0.274. The smallest absolute Gasteiger partial charge is 0.261 e. The Labute approximate surface area is 84.1 Å². The van der Waals surface area contributed by atoms with Crippen molar-refractivity contribution < 1.29 is 17.6 Å². The highest BCUT2D eigenvalue weighted by Gasteiger charge is 2.15. The zero-order valence-corrected chi connectivity index (χ0v) is 8.56. The van der Waals surface area contributed by atoms with E-state index in [-0.39, 0.29) is 5.69 Å². The van der Waals surface area contributed by atoms with E-state index in [0.717, 1.165) is 13.0 Å². The maximum absolute atomic E-state index is 12.7. The SMILES string of the molecule is CC(=O)c1cc(S(=O)(=O)Cl)cc(F)n1. The van der Waals surface area contributed by atoms with E-state index < -0.39 is 25.7 Å². The van der Waals surface area contributed by atoms with Crippen molar-refractivity contribution in [2.75, 3.05) is 0 Å². The van der Waals surface area contributed by atoms with Crippen molar-refractivity contribution in [1.29, 1.82) is 0 Å². The van der Waals surface area contributed by atoms with Gasteiger partial charge in [-0.05, 0) is 6.07 Å². The molecule has 0 saturated carbocycles. The van der Waals surface area contributed by atoms with Crippen LogP contribution in [0.25, 0.3) is 0 Å². The molecule has 1 rings (SSSR count). The highest BCUT2D eigenvalue weighted by Crippen LogP contribution is 2.16. The van der Waals surface area contributed by atoms with Crippen molar-refractivity contribution in [2.24, 2.45) is 0 Å². The molecule has 0 atom stereocenters. The van der Waals surface area contributed by atoms with Crippen molar-refractivity contribution in [1.82, 2.24) is 4.98 Å². The third-order valence-electron chi connectivity index (χ3n) is 1.41. The van der Waals surface area contributed by atoms with Crippen LogP contribution in [0.3, 0.4) is 0 Å². The molecular formula is C7H5ClFNO3S. The van der Waals surface area contributed by atoms with Gasteiger partial charge in [0.05, 0.1) is 4.90 Å². The predicted octanol–water partition coefficient (Wildman–Crippen LogP) is 1.35. The number of carbonyl (C=O) groups excluding carboxylic acids is 1. The molecule has 76 valence electrons. The molecule has 7 heteroatoms. The summed E-state index contributed by atoms with van der Waals surface area (Å²) in [7, 11) is 0.932. The Hall–Kier alpha value is -1.01. The molecule has 0 aliphatic rings. The zero-order chi connectivity index (χ0) is 10.9. The number of carbonyl (C=O) groups is 1. The molecule has 0 N–H and O–H groups in total. The standard InChI is InChI=1S/C7H5ClFNO3S/c1-4(11)6-2-5(14(8,12)13)3-7(9)10-6/h2-3H,1H3. The van der Waals surface area contributed by atoms with Crippen LogP contribution in [0, 0.1) is 5.95 Å². The predicted molar refractivity (Wildman–Crippen MR) is 47.2 cm³/mol. The third kappa shape index (κ3) is 2.49. The Morgan fingerprint density at radius 1 is 1.50 bits per heavy atom. The minimum atomic E-state index is -4.04. The second-order valence-corrected chi connectivity index (χ2v) is 5.07. The fourth-order valence-electron chi connectivity index (χ4n) is 0.795. The van der Waals surface area contributed by atoms with Crippen LogP contribution in [0.4, 0.5) is 4.39 Å². The summed E-state index contributed by atoms with van der Waals surface area (Å²) in [5.74, 6) is -1.59. The van der Waals surface area contributed by atoms with Crippen molar-refractivity contribution in [3.63, 3.8) is 0 Å². The number of aromatic nitrogens is 1. The molecule has 0 spiro atoms. The lowest BCUT2D eigenvalue weighted by atomic mass is 10.3. The van der Waals surface area contributed by atoms with Crippen LogP contribution in [0.15, 0.2) is 17.0 Å². The summed E-state index contributed by atoms with van der Waals surface area (Å²) in [6, 6.07) is 1.57. The van der Waals surface area contributed by atoms with Crippen LogP contribution in [-0.4, -0.2) is 19.2 Å². The Bertz CT molecular complexity index is 486. The van der Waals surface area contributed by atoms with E-state index in [1.807, 2.05) is 0 Å². The van der Waals surface area contributed by atoms with E-state index >= 15 is 0 Å². The summed E-state index contributed by atoms with van der Waals surface area (Å²) in [4.78, 5) is 13.5. The number of rotatable bonds is 2. The van der Waals surface area contributed by atoms with Gasteiger partial charge in [-0.15, -0.1) is 0 Å². The average Bonchev–Trinajstić information content (AvgIpc) is 2.01. The Morgan fingerprint density at radius 2 is 2.07 bits per heavy atom. The fraction of sp³-hybridized carbons (Fsp3) is 0.143.